The monoisotopic (exact) mass is 297 g/mol. The fraction of sp³-hybridized carbons (Fsp3) is 1.00. The molecule has 0 aromatic heterocycles. The number of rotatable bonds is 12. The van der Waals surface area contributed by atoms with Crippen molar-refractivity contribution in [1.82, 2.24) is 5.32 Å². The summed E-state index contributed by atoms with van der Waals surface area (Å²) in [5.74, 6) is 0. The standard InChI is InChI=1S/C12H28NO5P/c1-11(2)13-5-6-16-7-8-17-9-10-18-19(14,15)12(3)4/h11-13H,5-10H2,1-4H3,(H,14,15). The lowest BCUT2D eigenvalue weighted by molar-refractivity contribution is 0.0354. The SMILES string of the molecule is CC(C)NCCOCCOCCOP(=O)(O)C(C)C. The smallest absolute Gasteiger partial charge is 0.330 e. The second-order valence-electron chi connectivity index (χ2n) is 4.82. The van der Waals surface area contributed by atoms with E-state index in [1.807, 2.05) is 0 Å². The van der Waals surface area contributed by atoms with Gasteiger partial charge in [-0.2, -0.15) is 0 Å². The summed E-state index contributed by atoms with van der Waals surface area (Å²) >= 11 is 0. The van der Waals surface area contributed by atoms with Gasteiger partial charge < -0.3 is 24.2 Å². The Labute approximate surface area is 116 Å². The zero-order valence-corrected chi connectivity index (χ0v) is 13.3. The van der Waals surface area contributed by atoms with E-state index in [2.05, 4.69) is 19.2 Å². The molecule has 0 radical (unpaired) electrons. The van der Waals surface area contributed by atoms with Gasteiger partial charge in [0.2, 0.25) is 0 Å². The van der Waals surface area contributed by atoms with E-state index in [1.54, 1.807) is 13.8 Å². The molecule has 0 aromatic rings. The van der Waals surface area contributed by atoms with Crippen molar-refractivity contribution in [3.05, 3.63) is 0 Å². The molecule has 1 atom stereocenters. The lowest BCUT2D eigenvalue weighted by Gasteiger charge is -2.15. The van der Waals surface area contributed by atoms with Gasteiger partial charge in [0.1, 0.15) is 0 Å². The molecule has 0 saturated carbocycles. The highest BCUT2D eigenvalue weighted by Crippen LogP contribution is 2.46. The zero-order chi connectivity index (χ0) is 14.7. The van der Waals surface area contributed by atoms with E-state index >= 15 is 0 Å². The van der Waals surface area contributed by atoms with Crippen LogP contribution in [0, 0.1) is 0 Å². The molecule has 0 aromatic carbocycles. The van der Waals surface area contributed by atoms with Gasteiger partial charge in [0, 0.05) is 12.6 Å². The van der Waals surface area contributed by atoms with Crippen molar-refractivity contribution in [2.24, 2.45) is 0 Å². The van der Waals surface area contributed by atoms with Gasteiger partial charge in [-0.15, -0.1) is 0 Å². The molecule has 0 aliphatic carbocycles. The largest absolute Gasteiger partial charge is 0.378 e. The van der Waals surface area contributed by atoms with Crippen molar-refractivity contribution in [1.29, 1.82) is 0 Å². The number of hydrogen-bond acceptors (Lipinski definition) is 5. The lowest BCUT2D eigenvalue weighted by Crippen LogP contribution is -2.27. The van der Waals surface area contributed by atoms with Gasteiger partial charge in [0.15, 0.2) is 0 Å². The molecule has 0 heterocycles. The predicted molar refractivity (Wildman–Crippen MR) is 75.7 cm³/mol. The van der Waals surface area contributed by atoms with Gasteiger partial charge in [0.05, 0.1) is 38.7 Å². The van der Waals surface area contributed by atoms with Crippen LogP contribution in [0.2, 0.25) is 0 Å². The first kappa shape index (κ1) is 19.0. The van der Waals surface area contributed by atoms with Crippen LogP contribution in [0.15, 0.2) is 0 Å². The van der Waals surface area contributed by atoms with Crippen LogP contribution in [-0.4, -0.2) is 56.2 Å². The molecule has 0 bridgehead atoms. The summed E-state index contributed by atoms with van der Waals surface area (Å²) in [5.41, 5.74) is -0.385. The first-order valence-electron chi connectivity index (χ1n) is 6.72. The third-order valence-electron chi connectivity index (χ3n) is 2.33. The summed E-state index contributed by atoms with van der Waals surface area (Å²) in [6, 6.07) is 0.465. The molecular weight excluding hydrogens is 269 g/mol. The zero-order valence-electron chi connectivity index (χ0n) is 12.4. The van der Waals surface area contributed by atoms with E-state index < -0.39 is 7.60 Å². The van der Waals surface area contributed by atoms with E-state index in [1.165, 1.54) is 0 Å². The van der Waals surface area contributed by atoms with Crippen LogP contribution < -0.4 is 5.32 Å². The van der Waals surface area contributed by atoms with Crippen LogP contribution in [0.3, 0.4) is 0 Å². The second-order valence-corrected chi connectivity index (χ2v) is 7.24. The molecule has 0 fully saturated rings. The fourth-order valence-corrected chi connectivity index (χ4v) is 1.75. The molecular formula is C12H28NO5P. The Balaban J connectivity index is 3.26. The second kappa shape index (κ2) is 10.8. The summed E-state index contributed by atoms with van der Waals surface area (Å²) in [6.07, 6.45) is 0. The molecule has 116 valence electrons. The van der Waals surface area contributed by atoms with Crippen molar-refractivity contribution in [3.63, 3.8) is 0 Å². The van der Waals surface area contributed by atoms with Crippen LogP contribution in [0.1, 0.15) is 27.7 Å². The minimum atomic E-state index is -3.46. The molecule has 0 amide bonds. The van der Waals surface area contributed by atoms with Gasteiger partial charge in [-0.25, -0.2) is 0 Å². The molecule has 19 heavy (non-hydrogen) atoms. The molecule has 6 nitrogen and oxygen atoms in total. The van der Waals surface area contributed by atoms with E-state index in [-0.39, 0.29) is 12.3 Å². The maximum absolute atomic E-state index is 11.4. The molecule has 1 unspecified atom stereocenters. The van der Waals surface area contributed by atoms with Crippen molar-refractivity contribution in [3.8, 4) is 0 Å². The third-order valence-corrected chi connectivity index (χ3v) is 4.19. The highest BCUT2D eigenvalue weighted by atomic mass is 31.2. The topological polar surface area (TPSA) is 77.0 Å². The van der Waals surface area contributed by atoms with E-state index in [4.69, 9.17) is 14.0 Å². The van der Waals surface area contributed by atoms with Gasteiger partial charge in [-0.05, 0) is 0 Å². The van der Waals surface area contributed by atoms with Crippen LogP contribution in [0.5, 0.6) is 0 Å². The Morgan fingerprint density at radius 2 is 1.53 bits per heavy atom. The maximum Gasteiger partial charge on any atom is 0.330 e. The van der Waals surface area contributed by atoms with Gasteiger partial charge in [0.25, 0.3) is 0 Å². The highest BCUT2D eigenvalue weighted by Gasteiger charge is 2.23. The van der Waals surface area contributed by atoms with E-state index in [0.29, 0.717) is 32.5 Å². The maximum atomic E-state index is 11.4. The van der Waals surface area contributed by atoms with Crippen molar-refractivity contribution >= 4 is 7.60 Å². The molecule has 0 saturated heterocycles. The van der Waals surface area contributed by atoms with Crippen molar-refractivity contribution < 1.29 is 23.5 Å². The van der Waals surface area contributed by atoms with Crippen molar-refractivity contribution in [2.45, 2.75) is 39.4 Å². The summed E-state index contributed by atoms with van der Waals surface area (Å²) in [4.78, 5) is 9.38. The Hall–Kier alpha value is 0.0300. The fourth-order valence-electron chi connectivity index (χ4n) is 1.12. The Morgan fingerprint density at radius 1 is 1.00 bits per heavy atom. The number of hydrogen-bond donors (Lipinski definition) is 2. The predicted octanol–water partition coefficient (Wildman–Crippen LogP) is 1.63. The van der Waals surface area contributed by atoms with E-state index in [9.17, 15) is 9.46 Å². The quantitative estimate of drug-likeness (QED) is 0.421. The Bertz CT molecular complexity index is 261. The first-order chi connectivity index (χ1) is 8.86. The van der Waals surface area contributed by atoms with Crippen LogP contribution in [0.25, 0.3) is 0 Å². The minimum Gasteiger partial charge on any atom is -0.378 e. The summed E-state index contributed by atoms with van der Waals surface area (Å²) in [5, 5.41) is 3.24. The molecule has 0 aliphatic rings. The first-order valence-corrected chi connectivity index (χ1v) is 8.37. The molecule has 0 spiro atoms. The lowest BCUT2D eigenvalue weighted by atomic mass is 10.4. The summed E-state index contributed by atoms with van der Waals surface area (Å²) < 4.78 is 26.9. The summed E-state index contributed by atoms with van der Waals surface area (Å²) in [7, 11) is -3.46. The van der Waals surface area contributed by atoms with Crippen LogP contribution >= 0.6 is 7.60 Å². The van der Waals surface area contributed by atoms with Crippen molar-refractivity contribution in [2.75, 3.05) is 39.6 Å². The average molecular weight is 297 g/mol. The molecule has 7 heteroatoms. The third kappa shape index (κ3) is 11.5. The minimum absolute atomic E-state index is 0.126. The normalized spacial score (nSPS) is 15.1. The molecule has 0 aliphatic heterocycles. The van der Waals surface area contributed by atoms with E-state index in [0.717, 1.165) is 6.54 Å². The molecule has 2 N–H and O–H groups in total. The average Bonchev–Trinajstić information content (AvgIpc) is 2.30. The van der Waals surface area contributed by atoms with Crippen LogP contribution in [-0.2, 0) is 18.6 Å². The van der Waals surface area contributed by atoms with Gasteiger partial charge >= 0.3 is 7.60 Å². The van der Waals surface area contributed by atoms with Gasteiger partial charge in [-0.3, -0.25) is 4.57 Å². The van der Waals surface area contributed by atoms with Crippen LogP contribution in [0.4, 0.5) is 0 Å². The number of nitrogens with one attached hydrogen (secondary N) is 1. The Kier molecular flexibility index (Phi) is 10.8. The molecule has 0 rings (SSSR count). The van der Waals surface area contributed by atoms with Gasteiger partial charge in [-0.1, -0.05) is 27.7 Å². The Morgan fingerprint density at radius 3 is 2.05 bits per heavy atom. The summed E-state index contributed by atoms with van der Waals surface area (Å²) in [6.45, 7) is 10.3. The highest BCUT2D eigenvalue weighted by molar-refractivity contribution is 7.53. The number of ether oxygens (including phenoxy) is 2.